The Morgan fingerprint density at radius 3 is 2.56 bits per heavy atom. The van der Waals surface area contributed by atoms with E-state index in [1.54, 1.807) is 24.3 Å². The summed E-state index contributed by atoms with van der Waals surface area (Å²) in [6, 6.07) is 10.8. The molecule has 1 aromatic heterocycles. The molecule has 6 nitrogen and oxygen atoms in total. The summed E-state index contributed by atoms with van der Waals surface area (Å²) in [5, 5.41) is 2.96. The summed E-state index contributed by atoms with van der Waals surface area (Å²) in [6.45, 7) is 3.73. The van der Waals surface area contributed by atoms with Gasteiger partial charge in [-0.1, -0.05) is 12.1 Å². The van der Waals surface area contributed by atoms with Crippen molar-refractivity contribution in [2.75, 3.05) is 32.8 Å². The molecule has 0 aliphatic carbocycles. The van der Waals surface area contributed by atoms with Gasteiger partial charge in [-0.25, -0.2) is 0 Å². The molecule has 0 unspecified atom stereocenters. The van der Waals surface area contributed by atoms with Crippen LogP contribution in [0, 0.1) is 5.92 Å². The van der Waals surface area contributed by atoms with Gasteiger partial charge in [-0.05, 0) is 43.5 Å². The highest BCUT2D eigenvalue weighted by molar-refractivity contribution is 5.95. The highest BCUT2D eigenvalue weighted by Gasteiger charge is 2.22. The number of hydrogen-bond acceptors (Lipinski definition) is 4. The van der Waals surface area contributed by atoms with Gasteiger partial charge in [-0.3, -0.25) is 9.59 Å². The van der Waals surface area contributed by atoms with Gasteiger partial charge in [0.15, 0.2) is 5.76 Å². The predicted molar refractivity (Wildman–Crippen MR) is 101 cm³/mol. The molecular weight excluding hydrogens is 344 g/mol. The van der Waals surface area contributed by atoms with Gasteiger partial charge in [0.2, 0.25) is 0 Å². The SMILES string of the molecule is O=C(NC[C@@H]1CCOC1)c1ccc(-c2ccc(C(=O)N3CCCC3)o2)cc1. The fourth-order valence-electron chi connectivity index (χ4n) is 3.55. The van der Waals surface area contributed by atoms with Gasteiger partial charge in [0.25, 0.3) is 11.8 Å². The molecule has 0 saturated carbocycles. The van der Waals surface area contributed by atoms with Gasteiger partial charge >= 0.3 is 0 Å². The Labute approximate surface area is 158 Å². The molecule has 2 aliphatic rings. The minimum absolute atomic E-state index is 0.0503. The Hall–Kier alpha value is -2.60. The second kappa shape index (κ2) is 7.96. The van der Waals surface area contributed by atoms with E-state index in [4.69, 9.17) is 9.15 Å². The molecule has 1 atom stereocenters. The van der Waals surface area contributed by atoms with Crippen molar-refractivity contribution >= 4 is 11.8 Å². The largest absolute Gasteiger partial charge is 0.451 e. The Balaban J connectivity index is 1.38. The lowest BCUT2D eigenvalue weighted by molar-refractivity contribution is 0.0762. The number of nitrogens with one attached hydrogen (secondary N) is 1. The molecule has 0 spiro atoms. The molecule has 2 fully saturated rings. The number of hydrogen-bond donors (Lipinski definition) is 1. The molecule has 1 aromatic carbocycles. The van der Waals surface area contributed by atoms with Crippen LogP contribution in [-0.2, 0) is 4.74 Å². The van der Waals surface area contributed by atoms with Crippen molar-refractivity contribution in [1.29, 1.82) is 0 Å². The second-order valence-electron chi connectivity index (χ2n) is 7.18. The molecule has 2 aliphatic heterocycles. The molecule has 1 N–H and O–H groups in total. The number of likely N-dealkylation sites (tertiary alicyclic amines) is 1. The summed E-state index contributed by atoms with van der Waals surface area (Å²) >= 11 is 0. The summed E-state index contributed by atoms with van der Waals surface area (Å²) in [6.07, 6.45) is 3.10. The van der Waals surface area contributed by atoms with Crippen molar-refractivity contribution in [3.8, 4) is 11.3 Å². The second-order valence-corrected chi connectivity index (χ2v) is 7.18. The van der Waals surface area contributed by atoms with Crippen LogP contribution in [-0.4, -0.2) is 49.6 Å². The van der Waals surface area contributed by atoms with Crippen LogP contribution in [0.3, 0.4) is 0 Å². The third-order valence-electron chi connectivity index (χ3n) is 5.22. The van der Waals surface area contributed by atoms with E-state index in [9.17, 15) is 9.59 Å². The minimum atomic E-state index is -0.0854. The zero-order chi connectivity index (χ0) is 18.6. The zero-order valence-electron chi connectivity index (χ0n) is 15.3. The molecule has 4 rings (SSSR count). The number of carbonyl (C=O) groups is 2. The van der Waals surface area contributed by atoms with Crippen LogP contribution in [0.2, 0.25) is 0 Å². The van der Waals surface area contributed by atoms with Gasteiger partial charge in [0, 0.05) is 43.3 Å². The number of furan rings is 1. The molecule has 2 saturated heterocycles. The first kappa shape index (κ1) is 17.8. The lowest BCUT2D eigenvalue weighted by atomic mass is 10.1. The first-order chi connectivity index (χ1) is 13.2. The number of nitrogens with zero attached hydrogens (tertiary/aromatic N) is 1. The van der Waals surface area contributed by atoms with Crippen LogP contribution in [0.4, 0.5) is 0 Å². The maximum atomic E-state index is 12.4. The van der Waals surface area contributed by atoms with Crippen LogP contribution in [0.1, 0.15) is 40.2 Å². The Bertz CT molecular complexity index is 800. The number of amides is 2. The highest BCUT2D eigenvalue weighted by Crippen LogP contribution is 2.24. The third-order valence-corrected chi connectivity index (χ3v) is 5.22. The summed E-state index contributed by atoms with van der Waals surface area (Å²) < 4.78 is 11.1. The molecule has 142 valence electrons. The van der Waals surface area contributed by atoms with E-state index >= 15 is 0 Å². The smallest absolute Gasteiger partial charge is 0.289 e. The minimum Gasteiger partial charge on any atom is -0.451 e. The standard InChI is InChI=1S/C21H24N2O4/c24-20(22-13-15-9-12-26-14-15)17-5-3-16(4-6-17)18-7-8-19(27-18)21(25)23-10-1-2-11-23/h3-8,15H,1-2,9-14H2,(H,22,24)/t15-/m0/s1. The van der Waals surface area contributed by atoms with E-state index in [1.165, 1.54) is 0 Å². The predicted octanol–water partition coefficient (Wildman–Crippen LogP) is 2.95. The van der Waals surface area contributed by atoms with Gasteiger partial charge in [-0.2, -0.15) is 0 Å². The van der Waals surface area contributed by atoms with Crippen LogP contribution in [0.25, 0.3) is 11.3 Å². The Morgan fingerprint density at radius 1 is 1.07 bits per heavy atom. The van der Waals surface area contributed by atoms with Gasteiger partial charge in [0.05, 0.1) is 6.61 Å². The molecule has 6 heteroatoms. The van der Waals surface area contributed by atoms with Crippen molar-refractivity contribution in [3.63, 3.8) is 0 Å². The van der Waals surface area contributed by atoms with Crippen molar-refractivity contribution in [2.45, 2.75) is 19.3 Å². The van der Waals surface area contributed by atoms with E-state index in [2.05, 4.69) is 5.32 Å². The molecule has 3 heterocycles. The lowest BCUT2D eigenvalue weighted by Crippen LogP contribution is -2.29. The average molecular weight is 368 g/mol. The van der Waals surface area contributed by atoms with Gasteiger partial charge < -0.3 is 19.4 Å². The van der Waals surface area contributed by atoms with E-state index in [0.717, 1.165) is 51.1 Å². The zero-order valence-corrected chi connectivity index (χ0v) is 15.3. The van der Waals surface area contributed by atoms with Crippen molar-refractivity contribution in [1.82, 2.24) is 10.2 Å². The Kier molecular flexibility index (Phi) is 5.25. The quantitative estimate of drug-likeness (QED) is 0.881. The van der Waals surface area contributed by atoms with Crippen molar-refractivity contribution < 1.29 is 18.7 Å². The molecule has 0 bridgehead atoms. The molecule has 2 amide bonds. The first-order valence-electron chi connectivity index (χ1n) is 9.56. The molecule has 0 radical (unpaired) electrons. The van der Waals surface area contributed by atoms with Crippen LogP contribution >= 0.6 is 0 Å². The number of carbonyl (C=O) groups excluding carboxylic acids is 2. The van der Waals surface area contributed by atoms with Gasteiger partial charge in [-0.15, -0.1) is 0 Å². The van der Waals surface area contributed by atoms with Crippen LogP contribution < -0.4 is 5.32 Å². The number of rotatable bonds is 5. The van der Waals surface area contributed by atoms with Crippen LogP contribution in [0.5, 0.6) is 0 Å². The molecule has 2 aromatic rings. The monoisotopic (exact) mass is 368 g/mol. The van der Waals surface area contributed by atoms with E-state index in [0.29, 0.717) is 29.5 Å². The lowest BCUT2D eigenvalue weighted by Gasteiger charge is -2.12. The summed E-state index contributed by atoms with van der Waals surface area (Å²) in [5.74, 6) is 1.27. The van der Waals surface area contributed by atoms with Gasteiger partial charge in [0.1, 0.15) is 5.76 Å². The summed E-state index contributed by atoms with van der Waals surface area (Å²) in [4.78, 5) is 26.5. The summed E-state index contributed by atoms with van der Waals surface area (Å²) in [7, 11) is 0. The van der Waals surface area contributed by atoms with Crippen molar-refractivity contribution in [3.05, 3.63) is 47.7 Å². The third kappa shape index (κ3) is 4.06. The molecular formula is C21H24N2O4. The fourth-order valence-corrected chi connectivity index (χ4v) is 3.55. The number of ether oxygens (including phenoxy) is 1. The van der Waals surface area contributed by atoms with Crippen LogP contribution in [0.15, 0.2) is 40.8 Å². The fraction of sp³-hybridized carbons (Fsp3) is 0.429. The summed E-state index contributed by atoms with van der Waals surface area (Å²) in [5.41, 5.74) is 1.45. The Morgan fingerprint density at radius 2 is 1.85 bits per heavy atom. The van der Waals surface area contributed by atoms with Crippen molar-refractivity contribution in [2.24, 2.45) is 5.92 Å². The topological polar surface area (TPSA) is 71.8 Å². The maximum Gasteiger partial charge on any atom is 0.289 e. The average Bonchev–Trinajstić information content (AvgIpc) is 3.48. The van der Waals surface area contributed by atoms with E-state index in [-0.39, 0.29) is 11.8 Å². The first-order valence-corrected chi connectivity index (χ1v) is 9.56. The molecule has 27 heavy (non-hydrogen) atoms. The normalized spacial score (nSPS) is 19.4. The maximum absolute atomic E-state index is 12.4. The van der Waals surface area contributed by atoms with E-state index < -0.39 is 0 Å². The van der Waals surface area contributed by atoms with E-state index in [1.807, 2.05) is 17.0 Å². The number of benzene rings is 1. The highest BCUT2D eigenvalue weighted by atomic mass is 16.5.